The monoisotopic (exact) mass is 352 g/mol. The van der Waals surface area contributed by atoms with E-state index >= 15 is 0 Å². The lowest BCUT2D eigenvalue weighted by molar-refractivity contribution is 0.0937. The second kappa shape index (κ2) is 6.25. The van der Waals surface area contributed by atoms with Gasteiger partial charge in [-0.25, -0.2) is 9.37 Å². The Bertz CT molecular complexity index is 876. The fraction of sp³-hybridized carbons (Fsp3) is 0.267. The summed E-state index contributed by atoms with van der Waals surface area (Å²) in [7, 11) is 1.76. The van der Waals surface area contributed by atoms with Crippen molar-refractivity contribution in [2.24, 2.45) is 7.05 Å². The van der Waals surface area contributed by atoms with Gasteiger partial charge in [0.25, 0.3) is 5.91 Å². The summed E-state index contributed by atoms with van der Waals surface area (Å²) in [5.74, 6) is -0.113. The van der Waals surface area contributed by atoms with Crippen LogP contribution in [0.2, 0.25) is 5.02 Å². The minimum absolute atomic E-state index is 0.147. The number of benzene rings is 1. The molecule has 3 aromatic rings. The lowest BCUT2D eigenvalue weighted by Crippen LogP contribution is -2.29. The van der Waals surface area contributed by atoms with Crippen LogP contribution in [0, 0.1) is 5.82 Å². The molecule has 0 unspecified atom stereocenters. The van der Waals surface area contributed by atoms with Crippen LogP contribution in [0.15, 0.2) is 24.5 Å². The number of nitrogens with one attached hydrogen (secondary N) is 1. The number of rotatable bonds is 4. The van der Waals surface area contributed by atoms with E-state index in [4.69, 9.17) is 11.6 Å². The zero-order valence-electron chi connectivity index (χ0n) is 12.5. The molecule has 0 aliphatic rings. The summed E-state index contributed by atoms with van der Waals surface area (Å²) in [4.78, 5) is 17.0. The SMILES string of the molecule is CC[C@@H](NC(=O)c1sc2cccc(F)c2c1Cl)c1ncnn1C. The molecule has 1 amide bonds. The summed E-state index contributed by atoms with van der Waals surface area (Å²) in [6, 6.07) is 4.38. The minimum atomic E-state index is -0.428. The van der Waals surface area contributed by atoms with E-state index < -0.39 is 5.82 Å². The summed E-state index contributed by atoms with van der Waals surface area (Å²) >= 11 is 7.39. The van der Waals surface area contributed by atoms with Crippen molar-refractivity contribution >= 4 is 38.9 Å². The molecule has 120 valence electrons. The summed E-state index contributed by atoms with van der Waals surface area (Å²) in [5, 5.41) is 7.33. The number of hydrogen-bond donors (Lipinski definition) is 1. The van der Waals surface area contributed by atoms with E-state index in [2.05, 4.69) is 15.4 Å². The number of thiophene rings is 1. The van der Waals surface area contributed by atoms with Gasteiger partial charge in [0.05, 0.1) is 11.1 Å². The van der Waals surface area contributed by atoms with Crippen molar-refractivity contribution < 1.29 is 9.18 Å². The molecule has 0 aliphatic carbocycles. The summed E-state index contributed by atoms with van der Waals surface area (Å²) in [6.45, 7) is 1.94. The lowest BCUT2D eigenvalue weighted by atomic mass is 10.2. The highest BCUT2D eigenvalue weighted by atomic mass is 35.5. The number of nitrogens with zero attached hydrogens (tertiary/aromatic N) is 3. The third kappa shape index (κ3) is 2.82. The molecule has 1 aromatic carbocycles. The van der Waals surface area contributed by atoms with Crippen LogP contribution in [0.4, 0.5) is 4.39 Å². The van der Waals surface area contributed by atoms with Crippen molar-refractivity contribution in [1.82, 2.24) is 20.1 Å². The number of halogens is 2. The number of carbonyl (C=O) groups excluding carboxylic acids is 1. The molecule has 0 saturated carbocycles. The van der Waals surface area contributed by atoms with Crippen molar-refractivity contribution in [3.8, 4) is 0 Å². The van der Waals surface area contributed by atoms with E-state index in [1.807, 2.05) is 6.92 Å². The van der Waals surface area contributed by atoms with Gasteiger partial charge < -0.3 is 5.32 Å². The second-order valence-corrected chi connectivity index (χ2v) is 6.46. The summed E-state index contributed by atoms with van der Waals surface area (Å²) in [6.07, 6.45) is 2.08. The van der Waals surface area contributed by atoms with Crippen molar-refractivity contribution in [2.75, 3.05) is 0 Å². The zero-order chi connectivity index (χ0) is 16.6. The number of fused-ring (bicyclic) bond motifs is 1. The highest BCUT2D eigenvalue weighted by Crippen LogP contribution is 2.37. The molecule has 0 bridgehead atoms. The van der Waals surface area contributed by atoms with Gasteiger partial charge in [0.15, 0.2) is 0 Å². The van der Waals surface area contributed by atoms with Crippen LogP contribution in [0.25, 0.3) is 10.1 Å². The number of hydrogen-bond acceptors (Lipinski definition) is 4. The first-order valence-electron chi connectivity index (χ1n) is 7.04. The molecule has 0 aliphatic heterocycles. The molecule has 0 radical (unpaired) electrons. The lowest BCUT2D eigenvalue weighted by Gasteiger charge is -2.15. The van der Waals surface area contributed by atoms with Crippen LogP contribution in [-0.4, -0.2) is 20.7 Å². The predicted molar refractivity (Wildman–Crippen MR) is 88.3 cm³/mol. The fourth-order valence-electron chi connectivity index (χ4n) is 2.41. The first-order chi connectivity index (χ1) is 11.0. The molecule has 3 rings (SSSR count). The number of aromatic nitrogens is 3. The molecule has 2 aromatic heterocycles. The van der Waals surface area contributed by atoms with E-state index in [0.717, 1.165) is 0 Å². The van der Waals surface area contributed by atoms with Crippen LogP contribution in [0.3, 0.4) is 0 Å². The fourth-order valence-corrected chi connectivity index (χ4v) is 3.87. The topological polar surface area (TPSA) is 59.8 Å². The molecule has 23 heavy (non-hydrogen) atoms. The molecule has 5 nitrogen and oxygen atoms in total. The molecular formula is C15H14ClFN4OS. The quantitative estimate of drug-likeness (QED) is 0.778. The van der Waals surface area contributed by atoms with E-state index in [0.29, 0.717) is 21.8 Å². The summed E-state index contributed by atoms with van der Waals surface area (Å²) in [5.41, 5.74) is 0. The van der Waals surface area contributed by atoms with Crippen molar-refractivity contribution in [3.05, 3.63) is 46.1 Å². The van der Waals surface area contributed by atoms with Crippen molar-refractivity contribution in [1.29, 1.82) is 0 Å². The van der Waals surface area contributed by atoms with Gasteiger partial charge in [-0.2, -0.15) is 5.10 Å². The van der Waals surface area contributed by atoms with E-state index in [9.17, 15) is 9.18 Å². The average Bonchev–Trinajstić information content (AvgIpc) is 3.09. The number of amides is 1. The first-order valence-corrected chi connectivity index (χ1v) is 8.23. The molecule has 2 heterocycles. The maximum absolute atomic E-state index is 13.9. The Morgan fingerprint density at radius 2 is 2.30 bits per heavy atom. The van der Waals surface area contributed by atoms with Gasteiger partial charge in [0.2, 0.25) is 0 Å². The largest absolute Gasteiger partial charge is 0.341 e. The van der Waals surface area contributed by atoms with E-state index in [1.54, 1.807) is 23.9 Å². The first kappa shape index (κ1) is 15.9. The van der Waals surface area contributed by atoms with Gasteiger partial charge >= 0.3 is 0 Å². The van der Waals surface area contributed by atoms with Gasteiger partial charge in [0.1, 0.15) is 22.8 Å². The van der Waals surface area contributed by atoms with Gasteiger partial charge in [-0.05, 0) is 18.6 Å². The Balaban J connectivity index is 1.93. The Labute approximate surface area is 141 Å². The zero-order valence-corrected chi connectivity index (χ0v) is 14.1. The van der Waals surface area contributed by atoms with E-state index in [1.165, 1.54) is 23.7 Å². The van der Waals surface area contributed by atoms with Crippen molar-refractivity contribution in [3.63, 3.8) is 0 Å². The normalized spacial score (nSPS) is 12.5. The van der Waals surface area contributed by atoms with Crippen molar-refractivity contribution in [2.45, 2.75) is 19.4 Å². The highest BCUT2D eigenvalue weighted by Gasteiger charge is 2.23. The molecular weight excluding hydrogens is 339 g/mol. The number of carbonyl (C=O) groups is 1. The Morgan fingerprint density at radius 1 is 1.52 bits per heavy atom. The van der Waals surface area contributed by atoms with Gasteiger partial charge in [0, 0.05) is 17.1 Å². The van der Waals surface area contributed by atoms with Gasteiger partial charge in [-0.15, -0.1) is 11.3 Å². The molecule has 1 N–H and O–H groups in total. The van der Waals surface area contributed by atoms with Gasteiger partial charge in [-0.3, -0.25) is 9.48 Å². The number of aryl methyl sites for hydroxylation is 1. The smallest absolute Gasteiger partial charge is 0.263 e. The molecule has 0 saturated heterocycles. The van der Waals surface area contributed by atoms with Crippen LogP contribution in [-0.2, 0) is 7.05 Å². The molecule has 0 fully saturated rings. The molecule has 1 atom stereocenters. The van der Waals surface area contributed by atoms with Crippen LogP contribution in [0.5, 0.6) is 0 Å². The maximum Gasteiger partial charge on any atom is 0.263 e. The van der Waals surface area contributed by atoms with Crippen LogP contribution in [0.1, 0.15) is 34.9 Å². The third-order valence-corrected chi connectivity index (χ3v) is 5.23. The maximum atomic E-state index is 13.9. The Kier molecular flexibility index (Phi) is 4.32. The molecule has 0 spiro atoms. The predicted octanol–water partition coefficient (Wildman–Crippen LogP) is 3.70. The second-order valence-electron chi connectivity index (χ2n) is 5.03. The average molecular weight is 353 g/mol. The van der Waals surface area contributed by atoms with Gasteiger partial charge in [-0.1, -0.05) is 24.6 Å². The third-order valence-electron chi connectivity index (χ3n) is 3.58. The standard InChI is InChI=1S/C15H14ClFN4OS/c1-3-9(14-18-7-19-21(14)2)20-15(22)13-12(16)11-8(17)5-4-6-10(11)23-13/h4-7,9H,3H2,1-2H3,(H,20,22)/t9-/m1/s1. The molecule has 8 heteroatoms. The van der Waals surface area contributed by atoms with E-state index in [-0.39, 0.29) is 22.4 Å². The van der Waals surface area contributed by atoms with Crippen LogP contribution < -0.4 is 5.32 Å². The Morgan fingerprint density at radius 3 is 2.91 bits per heavy atom. The summed E-state index contributed by atoms with van der Waals surface area (Å²) < 4.78 is 16.2. The Hall–Kier alpha value is -1.99. The van der Waals surface area contributed by atoms with Crippen LogP contribution >= 0.6 is 22.9 Å². The highest BCUT2D eigenvalue weighted by molar-refractivity contribution is 7.21. The minimum Gasteiger partial charge on any atom is -0.341 e.